The van der Waals surface area contributed by atoms with Gasteiger partial charge in [0.25, 0.3) is 5.91 Å². The van der Waals surface area contributed by atoms with E-state index in [9.17, 15) is 4.79 Å². The maximum atomic E-state index is 12.9. The smallest absolute Gasteiger partial charge is 0.254 e. The average Bonchev–Trinajstić information content (AvgIpc) is 3.43. The molecule has 3 aliphatic rings. The third-order valence-corrected chi connectivity index (χ3v) is 6.44. The molecule has 0 atom stereocenters. The van der Waals surface area contributed by atoms with Crippen LogP contribution in [0.4, 0.5) is 5.13 Å². The summed E-state index contributed by atoms with van der Waals surface area (Å²) in [5.74, 6) is 1.38. The molecule has 1 amide bonds. The van der Waals surface area contributed by atoms with Crippen LogP contribution in [0.5, 0.6) is 11.5 Å². The number of amides is 1. The lowest BCUT2D eigenvalue weighted by Gasteiger charge is -2.34. The van der Waals surface area contributed by atoms with Gasteiger partial charge in [-0.15, -0.1) is 11.3 Å². The van der Waals surface area contributed by atoms with E-state index in [4.69, 9.17) is 19.2 Å². The number of rotatable bonds is 4. The second-order valence-electron chi connectivity index (χ2n) is 7.36. The van der Waals surface area contributed by atoms with E-state index in [1.165, 1.54) is 0 Å². The first-order valence-corrected chi connectivity index (χ1v) is 10.8. The number of thiazole rings is 1. The zero-order valence-electron chi connectivity index (χ0n) is 16.2. The molecule has 9 heteroatoms. The zero-order chi connectivity index (χ0) is 19.6. The third-order valence-electron chi connectivity index (χ3n) is 5.49. The predicted octanol–water partition coefficient (Wildman–Crippen LogP) is 1.67. The molecule has 0 saturated carbocycles. The number of hydrogen-bond donors (Lipinski definition) is 0. The highest BCUT2D eigenvalue weighted by Crippen LogP contribution is 2.33. The number of benzene rings is 1. The van der Waals surface area contributed by atoms with E-state index in [-0.39, 0.29) is 12.7 Å². The summed E-state index contributed by atoms with van der Waals surface area (Å²) < 4.78 is 16.1. The quantitative estimate of drug-likeness (QED) is 0.751. The van der Waals surface area contributed by atoms with E-state index in [1.54, 1.807) is 29.5 Å². The van der Waals surface area contributed by atoms with Gasteiger partial charge in [-0.3, -0.25) is 9.69 Å². The van der Waals surface area contributed by atoms with Crippen molar-refractivity contribution in [1.29, 1.82) is 0 Å². The second-order valence-corrected chi connectivity index (χ2v) is 8.19. The maximum absolute atomic E-state index is 12.9. The molecule has 2 aromatic rings. The number of fused-ring (bicyclic) bond motifs is 1. The normalized spacial score (nSPS) is 19.6. The molecule has 154 valence electrons. The summed E-state index contributed by atoms with van der Waals surface area (Å²) in [7, 11) is 0. The van der Waals surface area contributed by atoms with E-state index in [0.717, 1.165) is 56.8 Å². The fraction of sp³-hybridized carbons (Fsp3) is 0.500. The molecule has 0 spiro atoms. The highest BCUT2D eigenvalue weighted by Gasteiger charge is 2.25. The lowest BCUT2D eigenvalue weighted by Crippen LogP contribution is -2.48. The molecule has 2 saturated heterocycles. The summed E-state index contributed by atoms with van der Waals surface area (Å²) >= 11 is 1.69. The number of carbonyl (C=O) groups is 1. The summed E-state index contributed by atoms with van der Waals surface area (Å²) in [4.78, 5) is 24.2. The zero-order valence-corrected chi connectivity index (χ0v) is 17.0. The van der Waals surface area contributed by atoms with Gasteiger partial charge in [-0.05, 0) is 18.2 Å². The van der Waals surface area contributed by atoms with Crippen LogP contribution >= 0.6 is 11.3 Å². The molecule has 0 aliphatic carbocycles. The maximum Gasteiger partial charge on any atom is 0.254 e. The minimum absolute atomic E-state index is 0.0371. The first-order chi connectivity index (χ1) is 14.3. The Kier molecular flexibility index (Phi) is 5.26. The van der Waals surface area contributed by atoms with Crippen LogP contribution in [-0.4, -0.2) is 80.0 Å². The van der Waals surface area contributed by atoms with Gasteiger partial charge in [-0.25, -0.2) is 4.98 Å². The van der Waals surface area contributed by atoms with Crippen molar-refractivity contribution >= 4 is 22.4 Å². The Morgan fingerprint density at radius 1 is 1.03 bits per heavy atom. The SMILES string of the molecule is O=C(c1ccc2c(c1)OCO2)N1CCN(c2nc(CN3CCOCC3)cs2)CC1. The topological polar surface area (TPSA) is 67.4 Å². The van der Waals surface area contributed by atoms with Crippen LogP contribution in [0.15, 0.2) is 23.6 Å². The standard InChI is InChI=1S/C20H24N4O4S/c25-19(15-1-2-17-18(11-15)28-14-27-17)23-3-5-24(6-4-23)20-21-16(13-29-20)12-22-7-9-26-10-8-22/h1-2,11,13H,3-10,12,14H2. The van der Waals surface area contributed by atoms with Crippen LogP contribution in [-0.2, 0) is 11.3 Å². The van der Waals surface area contributed by atoms with Crippen LogP contribution in [0.2, 0.25) is 0 Å². The third kappa shape index (κ3) is 4.03. The number of piperazine rings is 1. The number of aromatic nitrogens is 1. The molecule has 0 radical (unpaired) electrons. The van der Waals surface area contributed by atoms with Crippen molar-refractivity contribution in [3.63, 3.8) is 0 Å². The summed E-state index contributed by atoms with van der Waals surface area (Å²) in [6.07, 6.45) is 0. The molecular formula is C20H24N4O4S. The van der Waals surface area contributed by atoms with Gasteiger partial charge >= 0.3 is 0 Å². The Hall–Kier alpha value is -2.36. The summed E-state index contributed by atoms with van der Waals surface area (Å²) in [5.41, 5.74) is 1.76. The lowest BCUT2D eigenvalue weighted by atomic mass is 10.1. The Bertz CT molecular complexity index is 875. The largest absolute Gasteiger partial charge is 0.454 e. The van der Waals surface area contributed by atoms with Crippen molar-refractivity contribution < 1.29 is 19.0 Å². The Morgan fingerprint density at radius 2 is 1.83 bits per heavy atom. The molecule has 1 aromatic heterocycles. The minimum atomic E-state index is 0.0371. The fourth-order valence-electron chi connectivity index (χ4n) is 3.82. The number of carbonyl (C=O) groups excluding carboxylic acids is 1. The predicted molar refractivity (Wildman–Crippen MR) is 109 cm³/mol. The van der Waals surface area contributed by atoms with Gasteiger partial charge < -0.3 is 24.0 Å². The molecule has 0 bridgehead atoms. The van der Waals surface area contributed by atoms with Gasteiger partial charge in [-0.1, -0.05) is 0 Å². The Labute approximate surface area is 173 Å². The fourth-order valence-corrected chi connectivity index (χ4v) is 4.69. The van der Waals surface area contributed by atoms with Crippen LogP contribution in [0.3, 0.4) is 0 Å². The van der Waals surface area contributed by atoms with Crippen molar-refractivity contribution in [2.75, 3.05) is 64.2 Å². The van der Waals surface area contributed by atoms with Gasteiger partial charge in [-0.2, -0.15) is 0 Å². The Morgan fingerprint density at radius 3 is 2.66 bits per heavy atom. The van der Waals surface area contributed by atoms with Gasteiger partial charge in [0, 0.05) is 56.8 Å². The van der Waals surface area contributed by atoms with Crippen molar-refractivity contribution in [2.45, 2.75) is 6.54 Å². The summed E-state index contributed by atoms with van der Waals surface area (Å²) in [6.45, 7) is 7.59. The Balaban J connectivity index is 1.17. The number of morpholine rings is 1. The summed E-state index contributed by atoms with van der Waals surface area (Å²) in [5, 5.41) is 3.19. The van der Waals surface area contributed by atoms with Crippen LogP contribution < -0.4 is 14.4 Å². The van der Waals surface area contributed by atoms with Crippen molar-refractivity contribution in [3.8, 4) is 11.5 Å². The first kappa shape index (κ1) is 18.7. The first-order valence-electron chi connectivity index (χ1n) is 9.95. The average molecular weight is 417 g/mol. The second kappa shape index (κ2) is 8.17. The van der Waals surface area contributed by atoms with E-state index >= 15 is 0 Å². The van der Waals surface area contributed by atoms with Crippen molar-refractivity contribution in [3.05, 3.63) is 34.8 Å². The molecule has 5 rings (SSSR count). The van der Waals surface area contributed by atoms with Crippen molar-refractivity contribution in [2.24, 2.45) is 0 Å². The summed E-state index contributed by atoms with van der Waals surface area (Å²) in [6, 6.07) is 5.38. The number of anilines is 1. The van der Waals surface area contributed by atoms with Gasteiger partial charge in [0.2, 0.25) is 6.79 Å². The lowest BCUT2D eigenvalue weighted by molar-refractivity contribution is 0.0337. The minimum Gasteiger partial charge on any atom is -0.454 e. The molecule has 1 aromatic carbocycles. The number of nitrogens with zero attached hydrogens (tertiary/aromatic N) is 4. The van der Waals surface area contributed by atoms with E-state index in [1.807, 2.05) is 4.90 Å². The molecule has 4 heterocycles. The molecule has 0 N–H and O–H groups in total. The van der Waals surface area contributed by atoms with Gasteiger partial charge in [0.15, 0.2) is 16.6 Å². The van der Waals surface area contributed by atoms with Crippen molar-refractivity contribution in [1.82, 2.24) is 14.8 Å². The van der Waals surface area contributed by atoms with E-state index in [2.05, 4.69) is 15.2 Å². The highest BCUT2D eigenvalue weighted by molar-refractivity contribution is 7.13. The molecular weight excluding hydrogens is 392 g/mol. The highest BCUT2D eigenvalue weighted by atomic mass is 32.1. The molecule has 2 fully saturated rings. The monoisotopic (exact) mass is 416 g/mol. The molecule has 8 nitrogen and oxygen atoms in total. The van der Waals surface area contributed by atoms with Gasteiger partial charge in [0.05, 0.1) is 18.9 Å². The van der Waals surface area contributed by atoms with Crippen LogP contribution in [0.1, 0.15) is 16.1 Å². The van der Waals surface area contributed by atoms with Crippen LogP contribution in [0.25, 0.3) is 0 Å². The molecule has 0 unspecified atom stereocenters. The number of hydrogen-bond acceptors (Lipinski definition) is 8. The van der Waals surface area contributed by atoms with Gasteiger partial charge in [0.1, 0.15) is 0 Å². The number of ether oxygens (including phenoxy) is 3. The molecule has 3 aliphatic heterocycles. The van der Waals surface area contributed by atoms with E-state index < -0.39 is 0 Å². The van der Waals surface area contributed by atoms with Crippen LogP contribution in [0, 0.1) is 0 Å². The van der Waals surface area contributed by atoms with E-state index in [0.29, 0.717) is 30.2 Å². The molecule has 29 heavy (non-hydrogen) atoms.